The van der Waals surface area contributed by atoms with Crippen LogP contribution in [-0.4, -0.2) is 27.4 Å². The maximum Gasteiger partial charge on any atom is 0.341 e. The number of nitrogens with zero attached hydrogens (tertiary/aromatic N) is 1. The molecule has 0 fully saturated rings. The van der Waals surface area contributed by atoms with Gasteiger partial charge in [-0.15, -0.1) is 0 Å². The third-order valence-corrected chi connectivity index (χ3v) is 3.37. The molecule has 1 atom stereocenters. The van der Waals surface area contributed by atoms with E-state index in [4.69, 9.17) is 9.84 Å². The van der Waals surface area contributed by atoms with E-state index >= 15 is 0 Å². The van der Waals surface area contributed by atoms with E-state index in [1.54, 1.807) is 6.92 Å². The molecule has 1 aromatic heterocycles. The molecule has 2 heterocycles. The smallest absolute Gasteiger partial charge is 0.341 e. The Morgan fingerprint density at radius 3 is 2.90 bits per heavy atom. The molecular formula is C13H10FNO5. The predicted octanol–water partition coefficient (Wildman–Crippen LogP) is 1.50. The number of hydrogen-bond acceptors (Lipinski definition) is 4. The Morgan fingerprint density at radius 1 is 1.55 bits per heavy atom. The number of phenols is 1. The Bertz CT molecular complexity index is 811. The van der Waals surface area contributed by atoms with Gasteiger partial charge < -0.3 is 19.5 Å². The van der Waals surface area contributed by atoms with Crippen LogP contribution in [0.15, 0.2) is 17.1 Å². The van der Waals surface area contributed by atoms with Crippen molar-refractivity contribution in [3.05, 3.63) is 33.9 Å². The second kappa shape index (κ2) is 3.96. The van der Waals surface area contributed by atoms with Gasteiger partial charge in [0.15, 0.2) is 17.3 Å². The molecule has 104 valence electrons. The number of carbonyl (C=O) groups is 1. The van der Waals surface area contributed by atoms with Crippen LogP contribution in [0.4, 0.5) is 4.39 Å². The summed E-state index contributed by atoms with van der Waals surface area (Å²) >= 11 is 0. The fourth-order valence-electron chi connectivity index (χ4n) is 2.36. The van der Waals surface area contributed by atoms with Gasteiger partial charge in [-0.1, -0.05) is 0 Å². The summed E-state index contributed by atoms with van der Waals surface area (Å²) in [5.41, 5.74) is -1.04. The second-order valence-corrected chi connectivity index (χ2v) is 4.68. The molecule has 0 saturated carbocycles. The van der Waals surface area contributed by atoms with Crippen LogP contribution in [-0.2, 0) is 0 Å². The summed E-state index contributed by atoms with van der Waals surface area (Å²) in [4.78, 5) is 23.2. The number of aromatic hydroxyl groups is 1. The molecule has 1 aliphatic heterocycles. The molecular weight excluding hydrogens is 269 g/mol. The highest BCUT2D eigenvalue weighted by molar-refractivity contribution is 5.95. The standard InChI is InChI=1S/C13H10FNO5/c1-5-4-20-12-9-6(2-8(14)11(12)17)10(16)7(13(18)19)3-15(5)9/h2-3,5,17H,4H2,1H3,(H,18,19)/t5-/m0/s1. The summed E-state index contributed by atoms with van der Waals surface area (Å²) in [6.45, 7) is 1.90. The monoisotopic (exact) mass is 279 g/mol. The first-order chi connectivity index (χ1) is 9.41. The largest absolute Gasteiger partial charge is 0.502 e. The number of carboxylic acid groups (broad SMARTS) is 1. The lowest BCUT2D eigenvalue weighted by Gasteiger charge is -2.27. The average Bonchev–Trinajstić information content (AvgIpc) is 2.39. The van der Waals surface area contributed by atoms with Gasteiger partial charge in [0.1, 0.15) is 12.2 Å². The summed E-state index contributed by atoms with van der Waals surface area (Å²) in [6, 6.07) is 0.592. The first-order valence-electron chi connectivity index (χ1n) is 5.88. The third-order valence-electron chi connectivity index (χ3n) is 3.37. The lowest BCUT2D eigenvalue weighted by molar-refractivity contribution is 0.0694. The molecule has 1 aliphatic rings. The van der Waals surface area contributed by atoms with E-state index in [-0.39, 0.29) is 29.3 Å². The number of benzene rings is 1. The number of phenolic OH excluding ortho intramolecular Hbond substituents is 1. The quantitative estimate of drug-likeness (QED) is 0.825. The number of hydrogen-bond donors (Lipinski definition) is 2. The molecule has 0 spiro atoms. The predicted molar refractivity (Wildman–Crippen MR) is 67.0 cm³/mol. The zero-order chi connectivity index (χ0) is 14.6. The van der Waals surface area contributed by atoms with Crippen molar-refractivity contribution in [2.24, 2.45) is 0 Å². The molecule has 2 N–H and O–H groups in total. The van der Waals surface area contributed by atoms with Gasteiger partial charge in [-0.05, 0) is 13.0 Å². The van der Waals surface area contributed by atoms with Crippen LogP contribution in [0.3, 0.4) is 0 Å². The highest BCUT2D eigenvalue weighted by Crippen LogP contribution is 2.40. The topological polar surface area (TPSA) is 88.8 Å². The minimum Gasteiger partial charge on any atom is -0.502 e. The van der Waals surface area contributed by atoms with E-state index in [0.717, 1.165) is 6.07 Å². The maximum absolute atomic E-state index is 13.6. The zero-order valence-corrected chi connectivity index (χ0v) is 10.4. The Kier molecular flexibility index (Phi) is 2.47. The SMILES string of the molecule is C[C@H]1COc2c(O)c(F)cc3c(=O)c(C(=O)O)cn1c23. The van der Waals surface area contributed by atoms with Crippen molar-refractivity contribution < 1.29 is 24.1 Å². The molecule has 2 aromatic rings. The van der Waals surface area contributed by atoms with Gasteiger partial charge >= 0.3 is 5.97 Å². The fourth-order valence-corrected chi connectivity index (χ4v) is 2.36. The van der Waals surface area contributed by atoms with E-state index in [1.807, 2.05) is 0 Å². The molecule has 6 nitrogen and oxygen atoms in total. The van der Waals surface area contributed by atoms with E-state index in [1.165, 1.54) is 10.8 Å². The molecule has 20 heavy (non-hydrogen) atoms. The summed E-state index contributed by atoms with van der Waals surface area (Å²) in [5, 5.41) is 18.6. The number of ether oxygens (including phenoxy) is 1. The molecule has 0 aliphatic carbocycles. The van der Waals surface area contributed by atoms with Gasteiger partial charge in [0.05, 0.1) is 16.9 Å². The minimum atomic E-state index is -1.38. The summed E-state index contributed by atoms with van der Waals surface area (Å²) < 4.78 is 20.4. The van der Waals surface area contributed by atoms with Crippen LogP contribution in [0.1, 0.15) is 23.3 Å². The van der Waals surface area contributed by atoms with Gasteiger partial charge in [-0.3, -0.25) is 4.79 Å². The molecule has 0 unspecified atom stereocenters. The average molecular weight is 279 g/mol. The summed E-state index contributed by atoms with van der Waals surface area (Å²) in [5.74, 6) is -3.21. The molecule has 0 bridgehead atoms. The molecule has 0 saturated heterocycles. The van der Waals surface area contributed by atoms with E-state index < -0.39 is 28.5 Å². The van der Waals surface area contributed by atoms with Crippen LogP contribution in [0.25, 0.3) is 10.9 Å². The third kappa shape index (κ3) is 1.49. The van der Waals surface area contributed by atoms with Gasteiger partial charge in [-0.2, -0.15) is 0 Å². The number of rotatable bonds is 1. The fraction of sp³-hybridized carbons (Fsp3) is 0.231. The van der Waals surface area contributed by atoms with Crippen LogP contribution >= 0.6 is 0 Å². The first kappa shape index (κ1) is 12.5. The van der Waals surface area contributed by atoms with Crippen LogP contribution < -0.4 is 10.2 Å². The minimum absolute atomic E-state index is 0.123. The van der Waals surface area contributed by atoms with Crippen molar-refractivity contribution in [2.75, 3.05) is 6.61 Å². The first-order valence-corrected chi connectivity index (χ1v) is 5.88. The van der Waals surface area contributed by atoms with Crippen molar-refractivity contribution in [1.82, 2.24) is 4.57 Å². The molecule has 3 rings (SSSR count). The Morgan fingerprint density at radius 2 is 2.25 bits per heavy atom. The molecule has 1 aromatic carbocycles. The number of aromatic nitrogens is 1. The van der Waals surface area contributed by atoms with Gasteiger partial charge in [0, 0.05) is 6.20 Å². The normalized spacial score (nSPS) is 17.0. The highest BCUT2D eigenvalue weighted by atomic mass is 19.1. The lowest BCUT2D eigenvalue weighted by Crippen LogP contribution is -2.26. The van der Waals surface area contributed by atoms with Crippen molar-refractivity contribution in [3.63, 3.8) is 0 Å². The van der Waals surface area contributed by atoms with Gasteiger partial charge in [0.25, 0.3) is 0 Å². The molecule has 0 amide bonds. The van der Waals surface area contributed by atoms with Crippen LogP contribution in [0, 0.1) is 5.82 Å². The molecule has 7 heteroatoms. The Balaban J connectivity index is 2.57. The van der Waals surface area contributed by atoms with Crippen molar-refractivity contribution in [2.45, 2.75) is 13.0 Å². The molecule has 0 radical (unpaired) electrons. The Hall–Kier alpha value is -2.57. The van der Waals surface area contributed by atoms with E-state index in [0.29, 0.717) is 0 Å². The maximum atomic E-state index is 13.6. The van der Waals surface area contributed by atoms with Crippen molar-refractivity contribution >= 4 is 16.9 Å². The highest BCUT2D eigenvalue weighted by Gasteiger charge is 2.27. The Labute approximate surface area is 111 Å². The van der Waals surface area contributed by atoms with E-state index in [2.05, 4.69) is 0 Å². The van der Waals surface area contributed by atoms with Gasteiger partial charge in [-0.25, -0.2) is 9.18 Å². The number of pyridine rings is 1. The van der Waals surface area contributed by atoms with Crippen molar-refractivity contribution in [1.29, 1.82) is 0 Å². The number of carboxylic acids is 1. The van der Waals surface area contributed by atoms with E-state index in [9.17, 15) is 19.1 Å². The number of halogens is 1. The zero-order valence-electron chi connectivity index (χ0n) is 10.4. The summed E-state index contributed by atoms with van der Waals surface area (Å²) in [7, 11) is 0. The summed E-state index contributed by atoms with van der Waals surface area (Å²) in [6.07, 6.45) is 1.20. The number of aromatic carboxylic acids is 1. The van der Waals surface area contributed by atoms with Crippen LogP contribution in [0.2, 0.25) is 0 Å². The van der Waals surface area contributed by atoms with Gasteiger partial charge in [0.2, 0.25) is 5.43 Å². The van der Waals surface area contributed by atoms with Crippen molar-refractivity contribution in [3.8, 4) is 11.5 Å². The second-order valence-electron chi connectivity index (χ2n) is 4.68. The van der Waals surface area contributed by atoms with Crippen LogP contribution in [0.5, 0.6) is 11.5 Å². The lowest BCUT2D eigenvalue weighted by atomic mass is 10.1.